The molecular formula is C12H20O2. The molecular weight excluding hydrogens is 176 g/mol. The minimum Gasteiger partial charge on any atom is -0.389 e. The first-order valence-corrected chi connectivity index (χ1v) is 5.42. The van der Waals surface area contributed by atoms with Crippen LogP contribution in [-0.4, -0.2) is 23.9 Å². The summed E-state index contributed by atoms with van der Waals surface area (Å²) < 4.78 is 5.53. The molecule has 1 fully saturated rings. The zero-order chi connectivity index (χ0) is 10.4. The third kappa shape index (κ3) is 2.50. The highest BCUT2D eigenvalue weighted by molar-refractivity contribution is 4.97. The quantitative estimate of drug-likeness (QED) is 0.553. The maximum atomic E-state index is 9.98. The van der Waals surface area contributed by atoms with Gasteiger partial charge in [0, 0.05) is 13.5 Å². The van der Waals surface area contributed by atoms with E-state index in [1.54, 1.807) is 7.11 Å². The maximum absolute atomic E-state index is 9.98. The van der Waals surface area contributed by atoms with Crippen LogP contribution in [-0.2, 0) is 4.74 Å². The molecule has 1 unspecified atom stereocenters. The summed E-state index contributed by atoms with van der Waals surface area (Å²) in [6, 6.07) is 0. The number of rotatable bonds is 3. The Hall–Kier alpha value is -0.520. The minimum absolute atomic E-state index is 0.372. The number of hydrogen-bond donors (Lipinski definition) is 1. The Labute approximate surface area is 86.7 Å². The van der Waals surface area contributed by atoms with Gasteiger partial charge in [0.25, 0.3) is 0 Å². The molecule has 1 saturated carbocycles. The summed E-state index contributed by atoms with van der Waals surface area (Å²) in [5.74, 6) is 2.51. The van der Waals surface area contributed by atoms with E-state index in [9.17, 15) is 5.11 Å². The number of aliphatic hydroxyl groups is 1. The first kappa shape index (κ1) is 11.6. The summed E-state index contributed by atoms with van der Waals surface area (Å²) >= 11 is 0. The molecule has 0 aromatic rings. The molecule has 1 atom stereocenters. The van der Waals surface area contributed by atoms with E-state index < -0.39 is 6.10 Å². The van der Waals surface area contributed by atoms with E-state index in [1.165, 1.54) is 12.8 Å². The predicted molar refractivity (Wildman–Crippen MR) is 56.9 cm³/mol. The highest BCUT2D eigenvalue weighted by Gasteiger charge is 2.37. The second-order valence-corrected chi connectivity index (χ2v) is 4.11. The van der Waals surface area contributed by atoms with Crippen LogP contribution in [0.25, 0.3) is 0 Å². The molecule has 0 aliphatic heterocycles. The minimum atomic E-state index is -0.504. The van der Waals surface area contributed by atoms with Gasteiger partial charge in [0.15, 0.2) is 0 Å². The van der Waals surface area contributed by atoms with Crippen molar-refractivity contribution < 1.29 is 9.84 Å². The van der Waals surface area contributed by atoms with E-state index in [4.69, 9.17) is 11.2 Å². The molecule has 0 heterocycles. The molecule has 0 aromatic carbocycles. The van der Waals surface area contributed by atoms with Gasteiger partial charge in [0.05, 0.1) is 11.7 Å². The van der Waals surface area contributed by atoms with Crippen molar-refractivity contribution >= 4 is 0 Å². The lowest BCUT2D eigenvalue weighted by Gasteiger charge is -2.35. The zero-order valence-electron chi connectivity index (χ0n) is 8.96. The highest BCUT2D eigenvalue weighted by atomic mass is 16.5. The first-order valence-electron chi connectivity index (χ1n) is 5.42. The molecule has 0 aromatic heterocycles. The van der Waals surface area contributed by atoms with Gasteiger partial charge in [0.2, 0.25) is 0 Å². The van der Waals surface area contributed by atoms with Gasteiger partial charge in [-0.25, -0.2) is 0 Å². The van der Waals surface area contributed by atoms with Crippen LogP contribution >= 0.6 is 0 Å². The summed E-state index contributed by atoms with van der Waals surface area (Å²) in [5.41, 5.74) is -0.372. The average Bonchev–Trinajstić information content (AvgIpc) is 2.44. The Morgan fingerprint density at radius 1 is 1.36 bits per heavy atom. The standard InChI is InChI=1S/C12H20O2/c1-3-8-11(13)12(14-2)9-6-4-5-7-10-12/h1,11,13H,4-10H2,2H3. The topological polar surface area (TPSA) is 29.5 Å². The van der Waals surface area contributed by atoms with Crippen LogP contribution in [0.3, 0.4) is 0 Å². The monoisotopic (exact) mass is 196 g/mol. The Kier molecular flexibility index (Phi) is 4.44. The Balaban J connectivity index is 2.67. The molecule has 14 heavy (non-hydrogen) atoms. The molecule has 0 radical (unpaired) electrons. The molecule has 1 aliphatic rings. The third-order valence-corrected chi connectivity index (χ3v) is 3.27. The van der Waals surface area contributed by atoms with Crippen molar-refractivity contribution in [2.45, 2.75) is 56.7 Å². The lowest BCUT2D eigenvalue weighted by atomic mass is 9.86. The third-order valence-electron chi connectivity index (χ3n) is 3.27. The van der Waals surface area contributed by atoms with E-state index >= 15 is 0 Å². The van der Waals surface area contributed by atoms with Crippen molar-refractivity contribution in [1.82, 2.24) is 0 Å². The van der Waals surface area contributed by atoms with E-state index in [1.807, 2.05) is 0 Å². The number of ether oxygens (including phenoxy) is 1. The Bertz CT molecular complexity index is 197. The largest absolute Gasteiger partial charge is 0.389 e. The van der Waals surface area contributed by atoms with Crippen molar-refractivity contribution in [3.05, 3.63) is 0 Å². The predicted octanol–water partition coefficient (Wildman–Crippen LogP) is 2.11. The van der Waals surface area contributed by atoms with Crippen LogP contribution in [0.5, 0.6) is 0 Å². The highest BCUT2D eigenvalue weighted by Crippen LogP contribution is 2.33. The van der Waals surface area contributed by atoms with E-state index in [2.05, 4.69) is 5.92 Å². The molecule has 80 valence electrons. The van der Waals surface area contributed by atoms with Crippen molar-refractivity contribution in [3.63, 3.8) is 0 Å². The van der Waals surface area contributed by atoms with Gasteiger partial charge in [-0.2, -0.15) is 0 Å². The van der Waals surface area contributed by atoms with Crippen LogP contribution in [0.2, 0.25) is 0 Å². The van der Waals surface area contributed by atoms with Crippen molar-refractivity contribution in [1.29, 1.82) is 0 Å². The van der Waals surface area contributed by atoms with Gasteiger partial charge in [-0.15, -0.1) is 12.3 Å². The van der Waals surface area contributed by atoms with Gasteiger partial charge in [-0.3, -0.25) is 0 Å². The fourth-order valence-corrected chi connectivity index (χ4v) is 2.30. The second-order valence-electron chi connectivity index (χ2n) is 4.11. The average molecular weight is 196 g/mol. The smallest absolute Gasteiger partial charge is 0.0945 e. The van der Waals surface area contributed by atoms with Crippen LogP contribution < -0.4 is 0 Å². The molecule has 0 bridgehead atoms. The van der Waals surface area contributed by atoms with Crippen molar-refractivity contribution in [2.75, 3.05) is 7.11 Å². The van der Waals surface area contributed by atoms with Gasteiger partial charge < -0.3 is 9.84 Å². The van der Waals surface area contributed by atoms with Crippen LogP contribution in [0.4, 0.5) is 0 Å². The molecule has 0 saturated heterocycles. The fraction of sp³-hybridized carbons (Fsp3) is 0.833. The van der Waals surface area contributed by atoms with Gasteiger partial charge in [-0.05, 0) is 12.8 Å². The van der Waals surface area contributed by atoms with Gasteiger partial charge in [0.1, 0.15) is 0 Å². The van der Waals surface area contributed by atoms with E-state index in [0.717, 1.165) is 25.7 Å². The number of aliphatic hydroxyl groups excluding tert-OH is 1. The summed E-state index contributed by atoms with van der Waals surface area (Å²) in [4.78, 5) is 0. The molecule has 1 aliphatic carbocycles. The number of methoxy groups -OCH3 is 1. The summed E-state index contributed by atoms with van der Waals surface area (Å²) in [5, 5.41) is 9.98. The van der Waals surface area contributed by atoms with E-state index in [0.29, 0.717) is 6.42 Å². The Morgan fingerprint density at radius 3 is 2.36 bits per heavy atom. The SMILES string of the molecule is C#CCC(O)C1(OC)CCCCCC1. The van der Waals surface area contributed by atoms with Crippen molar-refractivity contribution in [2.24, 2.45) is 0 Å². The molecule has 0 spiro atoms. The molecule has 0 amide bonds. The number of hydrogen-bond acceptors (Lipinski definition) is 2. The molecule has 1 N–H and O–H groups in total. The normalized spacial score (nSPS) is 23.5. The van der Waals surface area contributed by atoms with Crippen LogP contribution in [0.1, 0.15) is 44.9 Å². The zero-order valence-corrected chi connectivity index (χ0v) is 8.96. The van der Waals surface area contributed by atoms with Crippen LogP contribution in [0, 0.1) is 12.3 Å². The van der Waals surface area contributed by atoms with E-state index in [-0.39, 0.29) is 5.60 Å². The maximum Gasteiger partial charge on any atom is 0.0945 e. The van der Waals surface area contributed by atoms with Gasteiger partial charge in [-0.1, -0.05) is 25.7 Å². The van der Waals surface area contributed by atoms with Crippen molar-refractivity contribution in [3.8, 4) is 12.3 Å². The molecule has 2 nitrogen and oxygen atoms in total. The lowest BCUT2D eigenvalue weighted by Crippen LogP contribution is -2.43. The summed E-state index contributed by atoms with van der Waals surface area (Å²) in [6.45, 7) is 0. The van der Waals surface area contributed by atoms with Gasteiger partial charge >= 0.3 is 0 Å². The molecule has 1 rings (SSSR count). The van der Waals surface area contributed by atoms with Crippen LogP contribution in [0.15, 0.2) is 0 Å². The summed E-state index contributed by atoms with van der Waals surface area (Å²) in [7, 11) is 1.69. The summed E-state index contributed by atoms with van der Waals surface area (Å²) in [6.07, 6.45) is 11.7. The first-order chi connectivity index (χ1) is 6.75. The number of terminal acetylenes is 1. The lowest BCUT2D eigenvalue weighted by molar-refractivity contribution is -0.109. The second kappa shape index (κ2) is 5.38. The Morgan fingerprint density at radius 2 is 1.93 bits per heavy atom. The fourth-order valence-electron chi connectivity index (χ4n) is 2.30. The molecule has 2 heteroatoms.